The Balaban J connectivity index is 1.86. The maximum atomic E-state index is 13.2. The summed E-state index contributed by atoms with van der Waals surface area (Å²) < 4.78 is 13.2. The van der Waals surface area contributed by atoms with Crippen LogP contribution in [0.4, 0.5) is 10.1 Å². The number of aryl methyl sites for hydroxylation is 3. The molecular weight excluding hydrogens is 237 g/mol. The standard InChI is InChI=1S/C17H18FN/c1-11-7-12(2)9-15(8-11)19-17-6-3-13-10-14(18)4-5-16(13)17/h4-5,7-10,17,19H,3,6H2,1-2H3. The van der Waals surface area contributed by atoms with Gasteiger partial charge >= 0.3 is 0 Å². The summed E-state index contributed by atoms with van der Waals surface area (Å²) in [5.74, 6) is -0.134. The van der Waals surface area contributed by atoms with E-state index in [1.807, 2.05) is 6.07 Å². The van der Waals surface area contributed by atoms with E-state index in [-0.39, 0.29) is 5.82 Å². The third-order valence-electron chi connectivity index (χ3n) is 3.75. The average molecular weight is 255 g/mol. The number of hydrogen-bond donors (Lipinski definition) is 1. The Kier molecular flexibility index (Phi) is 3.02. The van der Waals surface area contributed by atoms with Gasteiger partial charge in [-0.1, -0.05) is 12.1 Å². The summed E-state index contributed by atoms with van der Waals surface area (Å²) in [4.78, 5) is 0. The second-order valence-electron chi connectivity index (χ2n) is 5.46. The monoisotopic (exact) mass is 255 g/mol. The highest BCUT2D eigenvalue weighted by Crippen LogP contribution is 2.34. The van der Waals surface area contributed by atoms with Gasteiger partial charge in [-0.15, -0.1) is 0 Å². The van der Waals surface area contributed by atoms with Crippen LogP contribution in [0.3, 0.4) is 0 Å². The molecule has 1 aliphatic carbocycles. The topological polar surface area (TPSA) is 12.0 Å². The molecule has 19 heavy (non-hydrogen) atoms. The molecule has 0 saturated carbocycles. The third kappa shape index (κ3) is 2.48. The van der Waals surface area contributed by atoms with Crippen LogP contribution in [0.15, 0.2) is 36.4 Å². The van der Waals surface area contributed by atoms with E-state index in [4.69, 9.17) is 0 Å². The Morgan fingerprint density at radius 2 is 1.79 bits per heavy atom. The van der Waals surface area contributed by atoms with Gasteiger partial charge in [0.25, 0.3) is 0 Å². The predicted molar refractivity (Wildman–Crippen MR) is 77.0 cm³/mol. The fraction of sp³-hybridized carbons (Fsp3) is 0.294. The van der Waals surface area contributed by atoms with Crippen molar-refractivity contribution in [1.29, 1.82) is 0 Å². The van der Waals surface area contributed by atoms with Crippen LogP contribution in [0.1, 0.15) is 34.7 Å². The van der Waals surface area contributed by atoms with Crippen LogP contribution < -0.4 is 5.32 Å². The van der Waals surface area contributed by atoms with Crippen molar-refractivity contribution in [3.8, 4) is 0 Å². The minimum Gasteiger partial charge on any atom is -0.378 e. The molecule has 0 fully saturated rings. The molecule has 0 bridgehead atoms. The zero-order valence-electron chi connectivity index (χ0n) is 11.3. The van der Waals surface area contributed by atoms with E-state index in [1.165, 1.54) is 16.7 Å². The summed E-state index contributed by atoms with van der Waals surface area (Å²) in [6.45, 7) is 4.21. The van der Waals surface area contributed by atoms with Crippen LogP contribution in [0.2, 0.25) is 0 Å². The van der Waals surface area contributed by atoms with Gasteiger partial charge in [0, 0.05) is 5.69 Å². The number of nitrogens with one attached hydrogen (secondary N) is 1. The summed E-state index contributed by atoms with van der Waals surface area (Å²) in [6.07, 6.45) is 1.99. The molecule has 0 spiro atoms. The molecule has 2 heteroatoms. The van der Waals surface area contributed by atoms with Crippen molar-refractivity contribution in [1.82, 2.24) is 0 Å². The minimum atomic E-state index is -0.134. The van der Waals surface area contributed by atoms with Crippen LogP contribution in [0, 0.1) is 19.7 Å². The van der Waals surface area contributed by atoms with Crippen LogP contribution in [-0.2, 0) is 6.42 Å². The van der Waals surface area contributed by atoms with E-state index in [0.717, 1.165) is 24.1 Å². The largest absolute Gasteiger partial charge is 0.378 e. The molecule has 0 amide bonds. The van der Waals surface area contributed by atoms with Crippen LogP contribution in [-0.4, -0.2) is 0 Å². The van der Waals surface area contributed by atoms with Crippen molar-refractivity contribution in [3.63, 3.8) is 0 Å². The maximum absolute atomic E-state index is 13.2. The first-order valence-electron chi connectivity index (χ1n) is 6.75. The highest BCUT2D eigenvalue weighted by molar-refractivity contribution is 5.51. The molecule has 1 N–H and O–H groups in total. The normalized spacial score (nSPS) is 17.3. The van der Waals surface area contributed by atoms with Gasteiger partial charge in [-0.3, -0.25) is 0 Å². The summed E-state index contributed by atoms with van der Waals surface area (Å²) in [6, 6.07) is 11.9. The maximum Gasteiger partial charge on any atom is 0.123 e. The second-order valence-corrected chi connectivity index (χ2v) is 5.46. The zero-order chi connectivity index (χ0) is 13.4. The molecular formula is C17H18FN. The van der Waals surface area contributed by atoms with Gasteiger partial charge in [0.1, 0.15) is 5.82 Å². The van der Waals surface area contributed by atoms with Gasteiger partial charge in [-0.2, -0.15) is 0 Å². The van der Waals surface area contributed by atoms with Crippen LogP contribution in [0.5, 0.6) is 0 Å². The predicted octanol–water partition coefficient (Wildman–Crippen LogP) is 4.54. The highest BCUT2D eigenvalue weighted by Gasteiger charge is 2.22. The lowest BCUT2D eigenvalue weighted by atomic mass is 10.1. The molecule has 0 aliphatic heterocycles. The molecule has 1 aliphatic rings. The first kappa shape index (κ1) is 12.2. The molecule has 0 heterocycles. The van der Waals surface area contributed by atoms with E-state index in [0.29, 0.717) is 6.04 Å². The Bertz CT molecular complexity index is 598. The molecule has 0 aromatic heterocycles. The summed E-state index contributed by atoms with van der Waals surface area (Å²) in [7, 11) is 0. The van der Waals surface area contributed by atoms with Crippen molar-refractivity contribution in [2.75, 3.05) is 5.32 Å². The van der Waals surface area contributed by atoms with Gasteiger partial charge < -0.3 is 5.32 Å². The number of hydrogen-bond acceptors (Lipinski definition) is 1. The fourth-order valence-electron chi connectivity index (χ4n) is 3.00. The molecule has 1 nitrogen and oxygen atoms in total. The fourth-order valence-corrected chi connectivity index (χ4v) is 3.00. The molecule has 3 rings (SSSR count). The Labute approximate surface area is 113 Å². The van der Waals surface area contributed by atoms with E-state index >= 15 is 0 Å². The van der Waals surface area contributed by atoms with E-state index < -0.39 is 0 Å². The average Bonchev–Trinajstić information content (AvgIpc) is 2.70. The van der Waals surface area contributed by atoms with Crippen LogP contribution >= 0.6 is 0 Å². The summed E-state index contributed by atoms with van der Waals surface area (Å²) >= 11 is 0. The SMILES string of the molecule is Cc1cc(C)cc(NC2CCc3cc(F)ccc32)c1. The van der Waals surface area contributed by atoms with Crippen molar-refractivity contribution >= 4 is 5.69 Å². The lowest BCUT2D eigenvalue weighted by Crippen LogP contribution is -2.07. The number of anilines is 1. The number of fused-ring (bicyclic) bond motifs is 1. The minimum absolute atomic E-state index is 0.134. The molecule has 2 aromatic rings. The quantitative estimate of drug-likeness (QED) is 0.830. The second kappa shape index (κ2) is 4.69. The first-order chi connectivity index (χ1) is 9.11. The number of rotatable bonds is 2. The third-order valence-corrected chi connectivity index (χ3v) is 3.75. The molecule has 0 saturated heterocycles. The molecule has 2 aromatic carbocycles. The van der Waals surface area contributed by atoms with Gasteiger partial charge in [-0.05, 0) is 73.2 Å². The molecule has 1 unspecified atom stereocenters. The first-order valence-corrected chi connectivity index (χ1v) is 6.75. The van der Waals surface area contributed by atoms with Crippen molar-refractivity contribution in [3.05, 3.63) is 64.5 Å². The van der Waals surface area contributed by atoms with E-state index in [9.17, 15) is 4.39 Å². The Hall–Kier alpha value is -1.83. The Morgan fingerprint density at radius 1 is 1.05 bits per heavy atom. The van der Waals surface area contributed by atoms with Crippen molar-refractivity contribution in [2.24, 2.45) is 0 Å². The molecule has 1 atom stereocenters. The lowest BCUT2D eigenvalue weighted by molar-refractivity contribution is 0.626. The zero-order valence-corrected chi connectivity index (χ0v) is 11.3. The van der Waals surface area contributed by atoms with Gasteiger partial charge in [0.2, 0.25) is 0 Å². The highest BCUT2D eigenvalue weighted by atomic mass is 19.1. The summed E-state index contributed by atoms with van der Waals surface area (Å²) in [5, 5.41) is 3.58. The van der Waals surface area contributed by atoms with Crippen molar-refractivity contribution in [2.45, 2.75) is 32.7 Å². The summed E-state index contributed by atoms with van der Waals surface area (Å²) in [5.41, 5.74) is 6.06. The van der Waals surface area contributed by atoms with E-state index in [2.05, 4.69) is 37.4 Å². The molecule has 0 radical (unpaired) electrons. The molecule has 98 valence electrons. The smallest absolute Gasteiger partial charge is 0.123 e. The van der Waals surface area contributed by atoms with Gasteiger partial charge in [0.15, 0.2) is 0 Å². The van der Waals surface area contributed by atoms with Gasteiger partial charge in [0.05, 0.1) is 6.04 Å². The number of benzene rings is 2. The Morgan fingerprint density at radius 3 is 2.53 bits per heavy atom. The van der Waals surface area contributed by atoms with Gasteiger partial charge in [-0.25, -0.2) is 4.39 Å². The number of halogens is 1. The van der Waals surface area contributed by atoms with Crippen molar-refractivity contribution < 1.29 is 4.39 Å². The van der Waals surface area contributed by atoms with Crippen LogP contribution in [0.25, 0.3) is 0 Å². The van der Waals surface area contributed by atoms with E-state index in [1.54, 1.807) is 12.1 Å². The lowest BCUT2D eigenvalue weighted by Gasteiger charge is -2.16.